The van der Waals surface area contributed by atoms with E-state index in [-0.39, 0.29) is 36.7 Å². The largest absolute Gasteiger partial charge is 0.451 e. The van der Waals surface area contributed by atoms with Crippen LogP contribution in [0.15, 0.2) is 0 Å². The van der Waals surface area contributed by atoms with Gasteiger partial charge < -0.3 is 21.1 Å². The summed E-state index contributed by atoms with van der Waals surface area (Å²) >= 11 is 1.82. The molecule has 0 saturated carbocycles. The Hall–Kier alpha value is -2.14. The highest BCUT2D eigenvalue weighted by Gasteiger charge is 2.42. The van der Waals surface area contributed by atoms with E-state index in [1.165, 1.54) is 0 Å². The molecule has 0 aromatic rings. The number of hydrogen-bond donors (Lipinski definition) is 4. The molecule has 3 aliphatic heterocycles. The molecular formula is C20H30N4O6S. The maximum Gasteiger partial charge on any atom is 0.317 e. The third-order valence-electron chi connectivity index (χ3n) is 5.90. The first kappa shape index (κ1) is 23.5. The molecule has 2 unspecified atom stereocenters. The smallest absolute Gasteiger partial charge is 0.317 e. The van der Waals surface area contributed by atoms with Crippen LogP contribution in [0, 0.1) is 5.92 Å². The number of ether oxygens (including phenoxy) is 1. The van der Waals surface area contributed by atoms with Gasteiger partial charge in [0.15, 0.2) is 6.10 Å². The minimum Gasteiger partial charge on any atom is -0.451 e. The number of carbonyl (C=O) groups excluding carboxylic acids is 5. The molecule has 0 aromatic carbocycles. The maximum absolute atomic E-state index is 12.7. The van der Waals surface area contributed by atoms with Gasteiger partial charge in [0.1, 0.15) is 11.7 Å². The summed E-state index contributed by atoms with van der Waals surface area (Å²) in [6.07, 6.45) is 2.81. The molecule has 31 heavy (non-hydrogen) atoms. The van der Waals surface area contributed by atoms with Crippen LogP contribution in [-0.4, -0.2) is 65.3 Å². The van der Waals surface area contributed by atoms with Crippen molar-refractivity contribution in [1.29, 1.82) is 0 Å². The zero-order chi connectivity index (χ0) is 22.4. The predicted octanol–water partition coefficient (Wildman–Crippen LogP) is -0.0152. The highest BCUT2D eigenvalue weighted by molar-refractivity contribution is 8.00. The third-order valence-corrected chi connectivity index (χ3v) is 7.41. The number of urea groups is 1. The van der Waals surface area contributed by atoms with Gasteiger partial charge in [0, 0.05) is 17.4 Å². The summed E-state index contributed by atoms with van der Waals surface area (Å²) in [5.74, 6) is -2.15. The molecule has 172 valence electrons. The Labute approximate surface area is 185 Å². The number of thioether (sulfide) groups is 1. The molecule has 0 bridgehead atoms. The summed E-state index contributed by atoms with van der Waals surface area (Å²) in [4.78, 5) is 59.7. The number of amides is 4. The van der Waals surface area contributed by atoms with Gasteiger partial charge >= 0.3 is 12.0 Å². The van der Waals surface area contributed by atoms with Crippen molar-refractivity contribution in [3.8, 4) is 0 Å². The average Bonchev–Trinajstić information content (AvgIpc) is 3.36. The monoisotopic (exact) mass is 454 g/mol. The molecule has 3 heterocycles. The standard InChI is InChI=1S/C20H30N4O6S/c21-8-4-3-5-11(19(28)30-14-9-16(26)23-18(14)27)13(25)6-1-2-7-15-17-12(10-31-15)22-20(29)24-17/h11-12,14-15,17H,1-10,21H2,(H2,22,24,29)(H,23,26,27)/t11?,12-,14?,15-,17-/m0/s1. The Bertz CT molecular complexity index is 732. The number of fused-ring (bicyclic) bond motifs is 1. The van der Waals surface area contributed by atoms with E-state index < -0.39 is 29.8 Å². The van der Waals surface area contributed by atoms with Crippen molar-refractivity contribution in [1.82, 2.24) is 16.0 Å². The molecule has 0 radical (unpaired) electrons. The van der Waals surface area contributed by atoms with E-state index in [0.717, 1.165) is 18.6 Å². The van der Waals surface area contributed by atoms with Crippen LogP contribution in [0.5, 0.6) is 0 Å². The molecule has 3 rings (SSSR count). The van der Waals surface area contributed by atoms with Crippen molar-refractivity contribution in [3.05, 3.63) is 0 Å². The normalized spacial score (nSPS) is 28.0. The highest BCUT2D eigenvalue weighted by Crippen LogP contribution is 2.33. The van der Waals surface area contributed by atoms with E-state index >= 15 is 0 Å². The van der Waals surface area contributed by atoms with E-state index in [1.807, 2.05) is 11.8 Å². The lowest BCUT2D eigenvalue weighted by atomic mass is 9.93. The van der Waals surface area contributed by atoms with E-state index in [2.05, 4.69) is 16.0 Å². The van der Waals surface area contributed by atoms with Crippen LogP contribution in [0.3, 0.4) is 0 Å². The van der Waals surface area contributed by atoms with Gasteiger partial charge in [0.25, 0.3) is 5.91 Å². The summed E-state index contributed by atoms with van der Waals surface area (Å²) in [5.41, 5.74) is 5.51. The second kappa shape index (κ2) is 10.9. The molecule has 11 heteroatoms. The SMILES string of the molecule is NCCCCC(C(=O)CCCC[C@@H]1SC[C@@H]2NC(=O)N[C@@H]21)C(=O)OC1CC(=O)NC1=O. The van der Waals surface area contributed by atoms with E-state index in [0.29, 0.717) is 37.5 Å². The minimum absolute atomic E-state index is 0.119. The fourth-order valence-electron chi connectivity index (χ4n) is 4.21. The summed E-state index contributed by atoms with van der Waals surface area (Å²) in [6, 6.07) is 0.185. The number of imide groups is 1. The Morgan fingerprint density at radius 1 is 1.13 bits per heavy atom. The Balaban J connectivity index is 1.45. The van der Waals surface area contributed by atoms with Crippen molar-refractivity contribution < 1.29 is 28.7 Å². The van der Waals surface area contributed by atoms with Gasteiger partial charge in [-0.3, -0.25) is 24.5 Å². The van der Waals surface area contributed by atoms with Crippen LogP contribution in [0.1, 0.15) is 51.4 Å². The van der Waals surface area contributed by atoms with Gasteiger partial charge in [0.05, 0.1) is 18.5 Å². The summed E-state index contributed by atoms with van der Waals surface area (Å²) in [7, 11) is 0. The molecule has 3 saturated heterocycles. The number of nitrogens with two attached hydrogens (primary N) is 1. The van der Waals surface area contributed by atoms with Gasteiger partial charge in [-0.1, -0.05) is 12.8 Å². The number of hydrogen-bond acceptors (Lipinski definition) is 8. The van der Waals surface area contributed by atoms with Gasteiger partial charge in [-0.15, -0.1) is 0 Å². The number of nitrogens with one attached hydrogen (secondary N) is 3. The molecule has 5 atom stereocenters. The van der Waals surface area contributed by atoms with Gasteiger partial charge in [-0.25, -0.2) is 4.79 Å². The van der Waals surface area contributed by atoms with Crippen molar-refractivity contribution >= 4 is 41.4 Å². The number of ketones is 1. The molecule has 0 aromatic heterocycles. The predicted molar refractivity (Wildman–Crippen MR) is 113 cm³/mol. The van der Waals surface area contributed by atoms with Crippen LogP contribution < -0.4 is 21.7 Å². The first-order chi connectivity index (χ1) is 14.9. The third kappa shape index (κ3) is 6.19. The lowest BCUT2D eigenvalue weighted by molar-refractivity contribution is -0.160. The summed E-state index contributed by atoms with van der Waals surface area (Å²) in [5, 5.41) is 8.27. The molecular weight excluding hydrogens is 424 g/mol. The van der Waals surface area contributed by atoms with Crippen LogP contribution >= 0.6 is 11.8 Å². The molecule has 10 nitrogen and oxygen atoms in total. The Morgan fingerprint density at radius 3 is 2.65 bits per heavy atom. The first-order valence-electron chi connectivity index (χ1n) is 10.8. The van der Waals surface area contributed by atoms with Gasteiger partial charge in [0.2, 0.25) is 5.91 Å². The lowest BCUT2D eigenvalue weighted by Gasteiger charge is -2.18. The quantitative estimate of drug-likeness (QED) is 0.105. The van der Waals surface area contributed by atoms with E-state index in [4.69, 9.17) is 10.5 Å². The summed E-state index contributed by atoms with van der Waals surface area (Å²) in [6.45, 7) is 0.460. The number of carbonyl (C=O) groups is 5. The van der Waals surface area contributed by atoms with Gasteiger partial charge in [-0.05, 0) is 32.2 Å². The van der Waals surface area contributed by atoms with Crippen molar-refractivity contribution in [2.24, 2.45) is 11.7 Å². The average molecular weight is 455 g/mol. The Morgan fingerprint density at radius 2 is 1.94 bits per heavy atom. The number of unbranched alkanes of at least 4 members (excludes halogenated alkanes) is 2. The zero-order valence-corrected chi connectivity index (χ0v) is 18.2. The summed E-state index contributed by atoms with van der Waals surface area (Å²) < 4.78 is 5.18. The number of rotatable bonds is 12. The van der Waals surface area contributed by atoms with Crippen molar-refractivity contribution in [2.75, 3.05) is 12.3 Å². The topological polar surface area (TPSA) is 157 Å². The second-order valence-electron chi connectivity index (χ2n) is 8.21. The van der Waals surface area contributed by atoms with Crippen molar-refractivity contribution in [3.63, 3.8) is 0 Å². The lowest BCUT2D eigenvalue weighted by Crippen LogP contribution is -2.36. The fraction of sp³-hybridized carbons (Fsp3) is 0.750. The molecule has 0 spiro atoms. The van der Waals surface area contributed by atoms with E-state index in [1.54, 1.807) is 0 Å². The fourth-order valence-corrected chi connectivity index (χ4v) is 5.76. The van der Waals surface area contributed by atoms with Crippen LogP contribution in [-0.2, 0) is 23.9 Å². The zero-order valence-electron chi connectivity index (χ0n) is 17.4. The van der Waals surface area contributed by atoms with Crippen LogP contribution in [0.2, 0.25) is 0 Å². The first-order valence-corrected chi connectivity index (χ1v) is 11.9. The molecule has 3 fully saturated rings. The van der Waals surface area contributed by atoms with Crippen LogP contribution in [0.4, 0.5) is 4.79 Å². The highest BCUT2D eigenvalue weighted by atomic mass is 32.2. The molecule has 0 aliphatic carbocycles. The second-order valence-corrected chi connectivity index (χ2v) is 9.49. The van der Waals surface area contributed by atoms with Crippen molar-refractivity contribution in [2.45, 2.75) is 74.8 Å². The number of esters is 1. The minimum atomic E-state index is -1.16. The molecule has 3 aliphatic rings. The maximum atomic E-state index is 12.7. The van der Waals surface area contributed by atoms with Crippen LogP contribution in [0.25, 0.3) is 0 Å². The van der Waals surface area contributed by atoms with E-state index in [9.17, 15) is 24.0 Å². The molecule has 4 amide bonds. The molecule has 5 N–H and O–H groups in total. The Kier molecular flexibility index (Phi) is 8.30. The van der Waals surface area contributed by atoms with Gasteiger partial charge in [-0.2, -0.15) is 11.8 Å². The number of Topliss-reactive ketones (excluding diaryl/α,β-unsaturated/α-hetero) is 1.